The van der Waals surface area contributed by atoms with Crippen LogP contribution in [0, 0.1) is 0 Å². The van der Waals surface area contributed by atoms with Gasteiger partial charge in [0.05, 0.1) is 37.0 Å². The molecule has 8 heteroatoms. The molecule has 164 valence electrons. The predicted molar refractivity (Wildman–Crippen MR) is 105 cm³/mol. The van der Waals surface area contributed by atoms with Gasteiger partial charge in [-0.05, 0) is 32.1 Å². The van der Waals surface area contributed by atoms with Crippen molar-refractivity contribution < 1.29 is 30.3 Å². The Hall–Kier alpha value is -0.770. The van der Waals surface area contributed by atoms with E-state index < -0.39 is 30.5 Å². The molecule has 0 spiro atoms. The lowest BCUT2D eigenvalue weighted by Gasteiger charge is -2.39. The molecule has 7 unspecified atom stereocenters. The van der Waals surface area contributed by atoms with Crippen LogP contribution < -0.4 is 5.32 Å². The summed E-state index contributed by atoms with van der Waals surface area (Å²) in [6.07, 6.45) is 3.83. The number of likely N-dealkylation sites (tertiary alicyclic amines) is 1. The molecule has 0 aromatic rings. The number of nitrogens with zero attached hydrogens (tertiary/aromatic N) is 1. The SMILES string of the molecule is CC(=O)N1CCCCC1C(O)C(O)CCCCCCC1NC(CO)C(O)C1O. The lowest BCUT2D eigenvalue weighted by Crippen LogP contribution is -2.52. The Balaban J connectivity index is 1.62. The lowest BCUT2D eigenvalue weighted by atomic mass is 9.92. The summed E-state index contributed by atoms with van der Waals surface area (Å²) in [4.78, 5) is 13.4. The number of aliphatic hydroxyl groups is 5. The fourth-order valence-corrected chi connectivity index (χ4v) is 4.56. The van der Waals surface area contributed by atoms with E-state index in [1.165, 1.54) is 6.92 Å². The summed E-state index contributed by atoms with van der Waals surface area (Å²) in [5.74, 6) is -0.0489. The van der Waals surface area contributed by atoms with E-state index in [1.807, 2.05) is 0 Å². The molecule has 2 saturated heterocycles. The molecule has 0 aliphatic carbocycles. The van der Waals surface area contributed by atoms with Gasteiger partial charge in [-0.15, -0.1) is 0 Å². The van der Waals surface area contributed by atoms with Crippen molar-refractivity contribution in [2.45, 2.75) is 107 Å². The first kappa shape index (κ1) is 23.5. The minimum atomic E-state index is -0.930. The van der Waals surface area contributed by atoms with Crippen molar-refractivity contribution >= 4 is 5.91 Å². The topological polar surface area (TPSA) is 133 Å². The molecule has 0 radical (unpaired) electrons. The maximum absolute atomic E-state index is 11.7. The van der Waals surface area contributed by atoms with E-state index in [0.29, 0.717) is 13.0 Å². The number of rotatable bonds is 10. The van der Waals surface area contributed by atoms with Crippen LogP contribution in [0.2, 0.25) is 0 Å². The maximum atomic E-state index is 11.7. The number of unbranched alkanes of at least 4 members (excludes halogenated alkanes) is 3. The Bertz CT molecular complexity index is 480. The van der Waals surface area contributed by atoms with Crippen LogP contribution in [0.1, 0.15) is 64.7 Å². The zero-order chi connectivity index (χ0) is 20.7. The number of aliphatic hydroxyl groups excluding tert-OH is 5. The van der Waals surface area contributed by atoms with Crippen LogP contribution in [0.4, 0.5) is 0 Å². The number of piperidine rings is 1. The smallest absolute Gasteiger partial charge is 0.219 e. The molecule has 8 nitrogen and oxygen atoms in total. The van der Waals surface area contributed by atoms with Gasteiger partial charge in [0.1, 0.15) is 6.10 Å². The summed E-state index contributed by atoms with van der Waals surface area (Å²) in [6, 6.07) is -0.962. The quantitative estimate of drug-likeness (QED) is 0.272. The Morgan fingerprint density at radius 2 is 1.75 bits per heavy atom. The van der Waals surface area contributed by atoms with Gasteiger partial charge in [-0.1, -0.05) is 25.7 Å². The predicted octanol–water partition coefficient (Wildman–Crippen LogP) is -0.496. The highest BCUT2D eigenvalue weighted by atomic mass is 16.3. The summed E-state index contributed by atoms with van der Waals surface area (Å²) in [5.41, 5.74) is 0. The minimum absolute atomic E-state index is 0.0489. The van der Waals surface area contributed by atoms with Crippen molar-refractivity contribution in [3.8, 4) is 0 Å². The first-order chi connectivity index (χ1) is 13.4. The largest absolute Gasteiger partial charge is 0.395 e. The van der Waals surface area contributed by atoms with E-state index in [1.54, 1.807) is 4.90 Å². The summed E-state index contributed by atoms with van der Waals surface area (Å²) in [5, 5.41) is 52.8. The molecule has 2 aliphatic heterocycles. The van der Waals surface area contributed by atoms with E-state index in [9.17, 15) is 25.2 Å². The van der Waals surface area contributed by atoms with Crippen molar-refractivity contribution in [1.82, 2.24) is 10.2 Å². The molecule has 7 atom stereocenters. The second-order valence-corrected chi connectivity index (χ2v) is 8.37. The molecule has 2 fully saturated rings. The average molecular weight is 403 g/mol. The molecular formula is C20H38N2O6. The number of amides is 1. The zero-order valence-corrected chi connectivity index (χ0v) is 16.9. The standard InChI is InChI=1S/C20H38N2O6/c1-13(24)22-11-7-6-9-16(22)20(28)17(25)10-5-3-2-4-8-14-18(26)19(27)15(12-23)21-14/h14-21,23,25-28H,2-12H2,1H3. The van der Waals surface area contributed by atoms with Crippen LogP contribution in [0.25, 0.3) is 0 Å². The third-order valence-electron chi connectivity index (χ3n) is 6.31. The van der Waals surface area contributed by atoms with Crippen LogP contribution in [0.5, 0.6) is 0 Å². The van der Waals surface area contributed by atoms with Crippen molar-refractivity contribution in [2.24, 2.45) is 0 Å². The maximum Gasteiger partial charge on any atom is 0.219 e. The Morgan fingerprint density at radius 1 is 1.07 bits per heavy atom. The van der Waals surface area contributed by atoms with Gasteiger partial charge in [0.15, 0.2) is 0 Å². The first-order valence-electron chi connectivity index (χ1n) is 10.7. The number of carbonyl (C=O) groups is 1. The molecule has 1 amide bonds. The third kappa shape index (κ3) is 6.11. The summed E-state index contributed by atoms with van der Waals surface area (Å²) < 4.78 is 0. The number of hydrogen-bond acceptors (Lipinski definition) is 7. The van der Waals surface area contributed by atoms with Crippen LogP contribution in [0.3, 0.4) is 0 Å². The second kappa shape index (κ2) is 11.4. The Morgan fingerprint density at radius 3 is 2.39 bits per heavy atom. The summed E-state index contributed by atoms with van der Waals surface area (Å²) in [6.45, 7) is 1.96. The van der Waals surface area contributed by atoms with Gasteiger partial charge in [-0.25, -0.2) is 0 Å². The average Bonchev–Trinajstić information content (AvgIpc) is 2.97. The molecular weight excluding hydrogens is 364 g/mol. The van der Waals surface area contributed by atoms with Crippen molar-refractivity contribution in [3.63, 3.8) is 0 Å². The third-order valence-corrected chi connectivity index (χ3v) is 6.31. The molecule has 6 N–H and O–H groups in total. The normalized spacial score (nSPS) is 33.1. The van der Waals surface area contributed by atoms with Crippen LogP contribution >= 0.6 is 0 Å². The van der Waals surface area contributed by atoms with Gasteiger partial charge in [0.2, 0.25) is 5.91 Å². The lowest BCUT2D eigenvalue weighted by molar-refractivity contribution is -0.138. The fourth-order valence-electron chi connectivity index (χ4n) is 4.56. The first-order valence-corrected chi connectivity index (χ1v) is 10.7. The minimum Gasteiger partial charge on any atom is -0.395 e. The van der Waals surface area contributed by atoms with Crippen molar-refractivity contribution in [1.29, 1.82) is 0 Å². The van der Waals surface area contributed by atoms with E-state index in [4.69, 9.17) is 5.11 Å². The highest BCUT2D eigenvalue weighted by molar-refractivity contribution is 5.73. The number of nitrogens with one attached hydrogen (secondary N) is 1. The van der Waals surface area contributed by atoms with Crippen LogP contribution in [-0.4, -0.2) is 92.0 Å². The van der Waals surface area contributed by atoms with Gasteiger partial charge < -0.3 is 35.7 Å². The van der Waals surface area contributed by atoms with Crippen molar-refractivity contribution in [3.05, 3.63) is 0 Å². The highest BCUT2D eigenvalue weighted by Gasteiger charge is 2.39. The molecule has 2 heterocycles. The molecule has 2 aliphatic rings. The summed E-state index contributed by atoms with van der Waals surface area (Å²) >= 11 is 0. The van der Waals surface area contributed by atoms with E-state index in [0.717, 1.165) is 51.4 Å². The van der Waals surface area contributed by atoms with Gasteiger partial charge in [-0.2, -0.15) is 0 Å². The molecule has 0 aromatic heterocycles. The molecule has 0 saturated carbocycles. The van der Waals surface area contributed by atoms with Crippen molar-refractivity contribution in [2.75, 3.05) is 13.2 Å². The molecule has 2 rings (SSSR count). The van der Waals surface area contributed by atoms with E-state index in [-0.39, 0.29) is 24.6 Å². The summed E-state index contributed by atoms with van der Waals surface area (Å²) in [7, 11) is 0. The molecule has 0 aromatic carbocycles. The second-order valence-electron chi connectivity index (χ2n) is 8.37. The zero-order valence-electron chi connectivity index (χ0n) is 16.9. The van der Waals surface area contributed by atoms with Gasteiger partial charge in [0.25, 0.3) is 0 Å². The highest BCUT2D eigenvalue weighted by Crippen LogP contribution is 2.24. The van der Waals surface area contributed by atoms with Crippen LogP contribution in [0.15, 0.2) is 0 Å². The molecule has 28 heavy (non-hydrogen) atoms. The molecule has 0 bridgehead atoms. The Labute approximate surface area is 167 Å². The Kier molecular flexibility index (Phi) is 9.59. The van der Waals surface area contributed by atoms with E-state index >= 15 is 0 Å². The monoisotopic (exact) mass is 402 g/mol. The van der Waals surface area contributed by atoms with E-state index in [2.05, 4.69) is 5.32 Å². The van der Waals surface area contributed by atoms with Gasteiger partial charge >= 0.3 is 0 Å². The number of hydrogen-bond donors (Lipinski definition) is 6. The van der Waals surface area contributed by atoms with Gasteiger partial charge in [-0.3, -0.25) is 4.79 Å². The van der Waals surface area contributed by atoms with Gasteiger partial charge in [0, 0.05) is 19.5 Å². The fraction of sp³-hybridized carbons (Fsp3) is 0.950. The van der Waals surface area contributed by atoms with Crippen LogP contribution in [-0.2, 0) is 4.79 Å². The number of carbonyl (C=O) groups excluding carboxylic acids is 1.